The summed E-state index contributed by atoms with van der Waals surface area (Å²) in [7, 11) is 1.69. The molecule has 0 saturated heterocycles. The van der Waals surface area contributed by atoms with Crippen molar-refractivity contribution < 1.29 is 9.53 Å². The number of rotatable bonds is 2. The zero-order chi connectivity index (χ0) is 9.84. The van der Waals surface area contributed by atoms with Crippen molar-refractivity contribution in [1.29, 1.82) is 0 Å². The number of ether oxygens (including phenoxy) is 1. The van der Waals surface area contributed by atoms with Crippen molar-refractivity contribution in [2.75, 3.05) is 6.61 Å². The molecule has 0 aliphatic heterocycles. The van der Waals surface area contributed by atoms with Crippen LogP contribution in [0.5, 0.6) is 0 Å². The Morgan fingerprint density at radius 3 is 2.92 bits per heavy atom. The first kappa shape index (κ1) is 9.26. The molecule has 0 radical (unpaired) electrons. The van der Waals surface area contributed by atoms with Crippen molar-refractivity contribution in [3.05, 3.63) is 11.4 Å². The number of carbonyl (C=O) groups is 1. The van der Waals surface area contributed by atoms with E-state index in [4.69, 9.17) is 6.42 Å². The van der Waals surface area contributed by atoms with Crippen molar-refractivity contribution in [3.8, 4) is 12.3 Å². The molecule has 5 nitrogen and oxygen atoms in total. The maximum absolute atomic E-state index is 11.2. The Kier molecular flexibility index (Phi) is 2.65. The number of hydrogen-bond acceptors (Lipinski definition) is 4. The Morgan fingerprint density at radius 2 is 2.46 bits per heavy atom. The number of terminal acetylenes is 1. The van der Waals surface area contributed by atoms with E-state index < -0.39 is 5.97 Å². The predicted molar refractivity (Wildman–Crippen MR) is 44.9 cm³/mol. The molecule has 0 bridgehead atoms. The van der Waals surface area contributed by atoms with E-state index in [0.717, 1.165) is 0 Å². The Morgan fingerprint density at radius 1 is 1.77 bits per heavy atom. The van der Waals surface area contributed by atoms with Crippen LogP contribution in [0, 0.1) is 19.3 Å². The van der Waals surface area contributed by atoms with E-state index in [1.54, 1.807) is 14.0 Å². The number of esters is 1. The summed E-state index contributed by atoms with van der Waals surface area (Å²) in [5, 5.41) is 7.30. The van der Waals surface area contributed by atoms with Gasteiger partial charge < -0.3 is 4.74 Å². The molecule has 1 heterocycles. The average molecular weight is 179 g/mol. The third-order valence-electron chi connectivity index (χ3n) is 1.59. The van der Waals surface area contributed by atoms with Crippen molar-refractivity contribution in [2.24, 2.45) is 7.05 Å². The molecule has 0 atom stereocenters. The van der Waals surface area contributed by atoms with Crippen molar-refractivity contribution in [3.63, 3.8) is 0 Å². The minimum absolute atomic E-state index is 0.0468. The van der Waals surface area contributed by atoms with Gasteiger partial charge in [-0.15, -0.1) is 11.5 Å². The monoisotopic (exact) mass is 179 g/mol. The first-order valence-electron chi connectivity index (χ1n) is 3.63. The highest BCUT2D eigenvalue weighted by molar-refractivity contribution is 5.88. The third-order valence-corrected chi connectivity index (χ3v) is 1.59. The molecule has 0 spiro atoms. The van der Waals surface area contributed by atoms with Crippen LogP contribution in [0.4, 0.5) is 0 Å². The van der Waals surface area contributed by atoms with Gasteiger partial charge in [0, 0.05) is 7.05 Å². The second kappa shape index (κ2) is 3.72. The highest BCUT2D eigenvalue weighted by Gasteiger charge is 2.15. The molecule has 0 aliphatic carbocycles. The van der Waals surface area contributed by atoms with Crippen LogP contribution in [-0.4, -0.2) is 27.6 Å². The molecule has 1 aromatic rings. The Labute approximate surface area is 75.7 Å². The van der Waals surface area contributed by atoms with Gasteiger partial charge >= 0.3 is 5.97 Å². The van der Waals surface area contributed by atoms with Crippen molar-refractivity contribution in [1.82, 2.24) is 15.0 Å². The standard InChI is InChI=1S/C8H9N3O2/c1-4-5-13-8(12)7-6(2)11(3)10-9-7/h1H,5H2,2-3H3. The van der Waals surface area contributed by atoms with Crippen LogP contribution in [0.2, 0.25) is 0 Å². The van der Waals surface area contributed by atoms with Crippen LogP contribution in [-0.2, 0) is 11.8 Å². The van der Waals surface area contributed by atoms with Gasteiger partial charge in [-0.3, -0.25) is 4.68 Å². The summed E-state index contributed by atoms with van der Waals surface area (Å²) in [6.07, 6.45) is 4.93. The summed E-state index contributed by atoms with van der Waals surface area (Å²) >= 11 is 0. The summed E-state index contributed by atoms with van der Waals surface area (Å²) in [6.45, 7) is 1.68. The van der Waals surface area contributed by atoms with E-state index in [1.807, 2.05) is 0 Å². The molecule has 0 aliphatic rings. The van der Waals surface area contributed by atoms with E-state index in [2.05, 4.69) is 21.0 Å². The van der Waals surface area contributed by atoms with Gasteiger partial charge in [-0.25, -0.2) is 4.79 Å². The molecule has 1 rings (SSSR count). The van der Waals surface area contributed by atoms with Crippen LogP contribution >= 0.6 is 0 Å². The molecule has 0 unspecified atom stereocenters. The number of nitrogens with zero attached hydrogens (tertiary/aromatic N) is 3. The van der Waals surface area contributed by atoms with E-state index in [0.29, 0.717) is 5.69 Å². The van der Waals surface area contributed by atoms with Gasteiger partial charge in [0.2, 0.25) is 0 Å². The van der Waals surface area contributed by atoms with E-state index in [9.17, 15) is 4.79 Å². The number of hydrogen-bond donors (Lipinski definition) is 0. The summed E-state index contributed by atoms with van der Waals surface area (Å²) in [6, 6.07) is 0. The smallest absolute Gasteiger partial charge is 0.361 e. The minimum Gasteiger partial charge on any atom is -0.448 e. The zero-order valence-electron chi connectivity index (χ0n) is 7.44. The van der Waals surface area contributed by atoms with Crippen LogP contribution in [0.1, 0.15) is 16.2 Å². The quantitative estimate of drug-likeness (QED) is 0.470. The highest BCUT2D eigenvalue weighted by atomic mass is 16.5. The van der Waals surface area contributed by atoms with Crippen molar-refractivity contribution in [2.45, 2.75) is 6.92 Å². The van der Waals surface area contributed by atoms with Crippen LogP contribution in [0.3, 0.4) is 0 Å². The second-order valence-electron chi connectivity index (χ2n) is 2.43. The Bertz CT molecular complexity index is 362. The molecule has 0 aromatic carbocycles. The Balaban J connectivity index is 2.78. The van der Waals surface area contributed by atoms with Gasteiger partial charge in [-0.2, -0.15) is 0 Å². The summed E-state index contributed by atoms with van der Waals surface area (Å²) in [4.78, 5) is 11.2. The summed E-state index contributed by atoms with van der Waals surface area (Å²) in [5.74, 6) is 1.66. The van der Waals surface area contributed by atoms with E-state index in [-0.39, 0.29) is 12.3 Å². The number of aryl methyl sites for hydroxylation is 1. The molecular weight excluding hydrogens is 170 g/mol. The lowest BCUT2D eigenvalue weighted by molar-refractivity contribution is 0.0549. The fraction of sp³-hybridized carbons (Fsp3) is 0.375. The second-order valence-corrected chi connectivity index (χ2v) is 2.43. The summed E-state index contributed by atoms with van der Waals surface area (Å²) < 4.78 is 6.17. The van der Waals surface area contributed by atoms with Gasteiger partial charge in [0.15, 0.2) is 12.3 Å². The van der Waals surface area contributed by atoms with Crippen LogP contribution in [0.15, 0.2) is 0 Å². The SMILES string of the molecule is C#CCOC(=O)c1nnn(C)c1C. The fourth-order valence-electron chi connectivity index (χ4n) is 0.769. The van der Waals surface area contributed by atoms with Crippen LogP contribution < -0.4 is 0 Å². The average Bonchev–Trinajstić information content (AvgIpc) is 2.44. The predicted octanol–water partition coefficient (Wildman–Crippen LogP) is -0.0865. The van der Waals surface area contributed by atoms with E-state index >= 15 is 0 Å². The normalized spacial score (nSPS) is 9.31. The van der Waals surface area contributed by atoms with Gasteiger partial charge in [0.1, 0.15) is 0 Å². The molecule has 1 aromatic heterocycles. The first-order chi connectivity index (χ1) is 6.16. The van der Waals surface area contributed by atoms with E-state index in [1.165, 1.54) is 4.68 Å². The largest absolute Gasteiger partial charge is 0.448 e. The molecule has 0 N–H and O–H groups in total. The molecular formula is C8H9N3O2. The maximum Gasteiger partial charge on any atom is 0.361 e. The van der Waals surface area contributed by atoms with Gasteiger partial charge in [0.05, 0.1) is 5.69 Å². The van der Waals surface area contributed by atoms with Crippen LogP contribution in [0.25, 0.3) is 0 Å². The lowest BCUT2D eigenvalue weighted by Gasteiger charge is -1.97. The third kappa shape index (κ3) is 1.85. The Hall–Kier alpha value is -1.83. The fourth-order valence-corrected chi connectivity index (χ4v) is 0.769. The number of aromatic nitrogens is 3. The molecule has 68 valence electrons. The van der Waals surface area contributed by atoms with Gasteiger partial charge in [-0.1, -0.05) is 11.1 Å². The summed E-state index contributed by atoms with van der Waals surface area (Å²) in [5.41, 5.74) is 0.861. The number of carbonyl (C=O) groups excluding carboxylic acids is 1. The zero-order valence-corrected chi connectivity index (χ0v) is 7.44. The minimum atomic E-state index is -0.538. The first-order valence-corrected chi connectivity index (χ1v) is 3.63. The molecule has 13 heavy (non-hydrogen) atoms. The van der Waals surface area contributed by atoms with Gasteiger partial charge in [-0.05, 0) is 6.92 Å². The molecule has 0 saturated carbocycles. The molecule has 0 fully saturated rings. The lowest BCUT2D eigenvalue weighted by atomic mass is 10.3. The van der Waals surface area contributed by atoms with Crippen molar-refractivity contribution >= 4 is 5.97 Å². The highest BCUT2D eigenvalue weighted by Crippen LogP contribution is 2.03. The molecule has 0 amide bonds. The molecule has 5 heteroatoms. The topological polar surface area (TPSA) is 57.0 Å². The lowest BCUT2D eigenvalue weighted by Crippen LogP contribution is -2.08. The van der Waals surface area contributed by atoms with Gasteiger partial charge in [0.25, 0.3) is 0 Å². The maximum atomic E-state index is 11.2.